The van der Waals surface area contributed by atoms with Crippen LogP contribution in [0.1, 0.15) is 43.7 Å². The van der Waals surface area contributed by atoms with Crippen molar-refractivity contribution in [2.24, 2.45) is 0 Å². The van der Waals surface area contributed by atoms with E-state index in [2.05, 4.69) is 21.2 Å². The summed E-state index contributed by atoms with van der Waals surface area (Å²) in [5.41, 5.74) is 2.29. The summed E-state index contributed by atoms with van der Waals surface area (Å²) < 4.78 is 26.9. The number of aryl methyl sites for hydroxylation is 1. The second-order valence-corrected chi connectivity index (χ2v) is 11.7. The Kier molecular flexibility index (Phi) is 8.76. The molecule has 3 rings (SSSR count). The van der Waals surface area contributed by atoms with E-state index in [1.807, 2.05) is 31.2 Å². The Morgan fingerprint density at radius 1 is 1.12 bits per heavy atom. The molecule has 2 aromatic carbocycles. The summed E-state index contributed by atoms with van der Waals surface area (Å²) >= 11 is 3.38. The first-order chi connectivity index (χ1) is 16.1. The van der Waals surface area contributed by atoms with Crippen LogP contribution in [0.2, 0.25) is 0 Å². The average molecular weight is 551 g/mol. The van der Waals surface area contributed by atoms with Crippen LogP contribution < -0.4 is 9.62 Å². The van der Waals surface area contributed by atoms with Crippen molar-refractivity contribution in [2.75, 3.05) is 17.1 Å². The van der Waals surface area contributed by atoms with E-state index in [1.165, 1.54) is 4.90 Å². The van der Waals surface area contributed by atoms with E-state index in [1.54, 1.807) is 31.2 Å². The Morgan fingerprint density at radius 2 is 1.79 bits per heavy atom. The molecule has 184 valence electrons. The van der Waals surface area contributed by atoms with Crippen LogP contribution in [0.25, 0.3) is 0 Å². The van der Waals surface area contributed by atoms with Crippen molar-refractivity contribution in [2.45, 2.75) is 58.2 Å². The quantitative estimate of drug-likeness (QED) is 0.512. The van der Waals surface area contributed by atoms with E-state index in [4.69, 9.17) is 0 Å². The van der Waals surface area contributed by atoms with Gasteiger partial charge in [0.2, 0.25) is 21.8 Å². The number of halogens is 1. The minimum atomic E-state index is -3.76. The Hall–Kier alpha value is -2.39. The van der Waals surface area contributed by atoms with E-state index in [-0.39, 0.29) is 18.5 Å². The lowest BCUT2D eigenvalue weighted by Crippen LogP contribution is -2.52. The molecule has 0 aromatic heterocycles. The molecule has 2 aromatic rings. The van der Waals surface area contributed by atoms with Gasteiger partial charge in [-0.2, -0.15) is 0 Å². The normalized spacial score (nSPS) is 15.1. The summed E-state index contributed by atoms with van der Waals surface area (Å²) in [6, 6.07) is 13.9. The molecule has 1 aliphatic carbocycles. The van der Waals surface area contributed by atoms with Crippen molar-refractivity contribution >= 4 is 43.5 Å². The number of hydrogen-bond donors (Lipinski definition) is 1. The van der Waals surface area contributed by atoms with Crippen molar-refractivity contribution < 1.29 is 18.0 Å². The molecule has 0 radical (unpaired) electrons. The molecular formula is C25H32BrN3O4S. The van der Waals surface area contributed by atoms with Gasteiger partial charge in [-0.25, -0.2) is 8.42 Å². The molecule has 1 aliphatic rings. The molecule has 1 fully saturated rings. The predicted octanol–water partition coefficient (Wildman–Crippen LogP) is 4.00. The maximum Gasteiger partial charge on any atom is 0.244 e. The van der Waals surface area contributed by atoms with Crippen molar-refractivity contribution in [3.63, 3.8) is 0 Å². The van der Waals surface area contributed by atoms with Crippen molar-refractivity contribution in [1.82, 2.24) is 10.2 Å². The number of anilines is 1. The first-order valence-electron chi connectivity index (χ1n) is 11.4. The number of sulfonamides is 1. The predicted molar refractivity (Wildman–Crippen MR) is 138 cm³/mol. The third kappa shape index (κ3) is 6.82. The van der Waals surface area contributed by atoms with Crippen molar-refractivity contribution in [3.05, 3.63) is 64.1 Å². The number of rotatable bonds is 9. The lowest BCUT2D eigenvalue weighted by molar-refractivity contribution is -0.139. The molecule has 1 saturated carbocycles. The van der Waals surface area contributed by atoms with Crippen molar-refractivity contribution in [1.29, 1.82) is 0 Å². The number of amides is 2. The van der Waals surface area contributed by atoms with Gasteiger partial charge in [0, 0.05) is 17.1 Å². The fourth-order valence-corrected chi connectivity index (χ4v) is 5.71. The van der Waals surface area contributed by atoms with Crippen LogP contribution in [-0.2, 0) is 26.2 Å². The largest absolute Gasteiger partial charge is 0.352 e. The number of hydrogen-bond acceptors (Lipinski definition) is 4. The molecule has 0 spiro atoms. The summed E-state index contributed by atoms with van der Waals surface area (Å²) in [4.78, 5) is 28.1. The van der Waals surface area contributed by atoms with Crippen LogP contribution in [0.5, 0.6) is 0 Å². The summed E-state index contributed by atoms with van der Waals surface area (Å²) in [6.07, 6.45) is 5.12. The highest BCUT2D eigenvalue weighted by molar-refractivity contribution is 9.10. The second-order valence-electron chi connectivity index (χ2n) is 8.90. The maximum atomic E-state index is 13.6. The van der Waals surface area contributed by atoms with Crippen LogP contribution in [0.15, 0.2) is 53.0 Å². The molecule has 7 nitrogen and oxygen atoms in total. The Labute approximate surface area is 210 Å². The summed E-state index contributed by atoms with van der Waals surface area (Å²) in [6.45, 7) is 3.45. The van der Waals surface area contributed by atoms with Gasteiger partial charge < -0.3 is 10.2 Å². The topological polar surface area (TPSA) is 86.8 Å². The van der Waals surface area contributed by atoms with E-state index in [0.29, 0.717) is 10.2 Å². The van der Waals surface area contributed by atoms with E-state index < -0.39 is 28.5 Å². The minimum absolute atomic E-state index is 0.124. The van der Waals surface area contributed by atoms with Gasteiger partial charge >= 0.3 is 0 Å². The van der Waals surface area contributed by atoms with Crippen molar-refractivity contribution in [3.8, 4) is 0 Å². The lowest BCUT2D eigenvalue weighted by Gasteiger charge is -2.32. The fourth-order valence-electron chi connectivity index (χ4n) is 4.23. The monoisotopic (exact) mass is 549 g/mol. The number of carbonyl (C=O) groups excluding carboxylic acids is 2. The van der Waals surface area contributed by atoms with Gasteiger partial charge in [0.15, 0.2) is 0 Å². The highest BCUT2D eigenvalue weighted by Gasteiger charge is 2.31. The SMILES string of the molecule is Cc1cccc(CN(C(=O)CN(c2ccccc2Br)S(C)(=O)=O)[C@H](C)C(=O)NC2CCCC2)c1. The molecule has 34 heavy (non-hydrogen) atoms. The summed E-state index contributed by atoms with van der Waals surface area (Å²) in [7, 11) is -3.76. The van der Waals surface area contributed by atoms with Crippen LogP contribution in [-0.4, -0.2) is 50.0 Å². The molecule has 0 bridgehead atoms. The summed E-state index contributed by atoms with van der Waals surface area (Å²) in [5, 5.41) is 3.06. The first kappa shape index (κ1) is 26.2. The van der Waals surface area contributed by atoms with Gasteiger partial charge in [-0.3, -0.25) is 13.9 Å². The average Bonchev–Trinajstić information content (AvgIpc) is 3.28. The van der Waals surface area contributed by atoms with Crippen LogP contribution in [0.4, 0.5) is 5.69 Å². The lowest BCUT2D eigenvalue weighted by atomic mass is 10.1. The standard InChI is InChI=1S/C25H32BrN3O4S/c1-18-9-8-10-20(15-18)16-28(19(2)25(31)27-21-11-4-5-12-21)24(30)17-29(34(3,32)33)23-14-7-6-13-22(23)26/h6-10,13-15,19,21H,4-5,11-12,16-17H2,1-3H3,(H,27,31)/t19-/m1/s1. The van der Waals surface area contributed by atoms with Crippen LogP contribution in [0, 0.1) is 6.92 Å². The second kappa shape index (κ2) is 11.4. The zero-order valence-electron chi connectivity index (χ0n) is 19.8. The highest BCUT2D eigenvalue weighted by atomic mass is 79.9. The molecule has 1 atom stereocenters. The zero-order chi connectivity index (χ0) is 24.9. The molecular weight excluding hydrogens is 518 g/mol. The number of benzene rings is 2. The fraction of sp³-hybridized carbons (Fsp3) is 0.440. The maximum absolute atomic E-state index is 13.6. The Bertz CT molecular complexity index is 1130. The van der Waals surface area contributed by atoms with E-state index in [9.17, 15) is 18.0 Å². The molecule has 2 amide bonds. The number of carbonyl (C=O) groups is 2. The van der Waals surface area contributed by atoms with Gasteiger partial charge in [-0.05, 0) is 60.3 Å². The summed E-state index contributed by atoms with van der Waals surface area (Å²) in [5.74, 6) is -0.670. The molecule has 0 unspecified atom stereocenters. The minimum Gasteiger partial charge on any atom is -0.352 e. The molecule has 0 heterocycles. The smallest absolute Gasteiger partial charge is 0.244 e. The van der Waals surface area contributed by atoms with Gasteiger partial charge in [0.05, 0.1) is 11.9 Å². The Morgan fingerprint density at radius 3 is 2.41 bits per heavy atom. The van der Waals surface area contributed by atoms with Crippen LogP contribution in [0.3, 0.4) is 0 Å². The van der Waals surface area contributed by atoms with Gasteiger partial charge in [0.1, 0.15) is 12.6 Å². The van der Waals surface area contributed by atoms with E-state index >= 15 is 0 Å². The third-order valence-electron chi connectivity index (χ3n) is 6.10. The number of para-hydroxylation sites is 1. The number of nitrogens with zero attached hydrogens (tertiary/aromatic N) is 2. The highest BCUT2D eigenvalue weighted by Crippen LogP contribution is 2.28. The molecule has 0 saturated heterocycles. The molecule has 1 N–H and O–H groups in total. The zero-order valence-corrected chi connectivity index (χ0v) is 22.2. The van der Waals surface area contributed by atoms with Gasteiger partial charge in [-0.1, -0.05) is 54.8 Å². The number of nitrogens with one attached hydrogen (secondary N) is 1. The molecule has 9 heteroatoms. The van der Waals surface area contributed by atoms with E-state index in [0.717, 1.165) is 47.4 Å². The molecule has 0 aliphatic heterocycles. The third-order valence-corrected chi connectivity index (χ3v) is 7.90. The van der Waals surface area contributed by atoms with Gasteiger partial charge in [-0.15, -0.1) is 0 Å². The first-order valence-corrected chi connectivity index (χ1v) is 14.1. The van der Waals surface area contributed by atoms with Crippen LogP contribution >= 0.6 is 15.9 Å². The van der Waals surface area contributed by atoms with Gasteiger partial charge in [0.25, 0.3) is 0 Å². The Balaban J connectivity index is 1.89.